The van der Waals surface area contributed by atoms with Crippen molar-refractivity contribution in [2.45, 2.75) is 145 Å². The summed E-state index contributed by atoms with van der Waals surface area (Å²) < 4.78 is 10.9. The van der Waals surface area contributed by atoms with Crippen molar-refractivity contribution >= 4 is 52.4 Å². The molecule has 0 fully saturated rings. The van der Waals surface area contributed by atoms with Crippen molar-refractivity contribution in [2.24, 2.45) is 5.92 Å². The van der Waals surface area contributed by atoms with Gasteiger partial charge in [-0.1, -0.05) is 259 Å². The number of carbonyl (C=O) groups is 5. The fourth-order valence-electron chi connectivity index (χ4n) is 15.1. The Bertz CT molecular complexity index is 6450. The molecule has 129 heavy (non-hydrogen) atoms. The number of carboxylic acids is 4. The summed E-state index contributed by atoms with van der Waals surface area (Å²) >= 11 is 6.13. The van der Waals surface area contributed by atoms with Crippen LogP contribution in [0.25, 0.3) is 101 Å². The second kappa shape index (κ2) is 42.5. The number of imidazole rings is 3. The molecular formula is C94H96ClN23O11. The quantitative estimate of drug-likeness (QED) is 0.0184. The first-order valence-electron chi connectivity index (χ1n) is 42.0. The van der Waals surface area contributed by atoms with E-state index in [4.69, 9.17) is 16.3 Å². The van der Waals surface area contributed by atoms with E-state index in [9.17, 15) is 49.5 Å². The molecular weight excluding hydrogens is 1660 g/mol. The molecule has 660 valence electrons. The van der Waals surface area contributed by atoms with Crippen molar-refractivity contribution in [1.29, 1.82) is 0 Å². The Morgan fingerprint density at radius 2 is 0.829 bits per heavy atom. The molecule has 35 heteroatoms. The highest BCUT2D eigenvalue weighted by Gasteiger charge is 2.34. The van der Waals surface area contributed by atoms with E-state index in [2.05, 4.69) is 104 Å². The van der Waals surface area contributed by atoms with Crippen LogP contribution in [-0.2, 0) is 54.2 Å². The number of amides is 1. The summed E-state index contributed by atoms with van der Waals surface area (Å²) in [5.41, 5.74) is 15.3. The van der Waals surface area contributed by atoms with Crippen LogP contribution in [-0.4, -0.2) is 184 Å². The average Bonchev–Trinajstić information content (AvgIpc) is 1.64. The van der Waals surface area contributed by atoms with Gasteiger partial charge in [-0.15, -0.1) is 40.8 Å². The number of carboxylic acid groups (broad SMARTS) is 4. The Balaban J connectivity index is 0.000000147. The summed E-state index contributed by atoms with van der Waals surface area (Å²) in [6.07, 6.45) is 5.99. The Hall–Kier alpha value is -15.5. The number of nitrogens with one attached hydrogen (secondary N) is 4. The highest BCUT2D eigenvalue weighted by atomic mass is 35.5. The van der Waals surface area contributed by atoms with E-state index in [1.807, 2.05) is 233 Å². The fraction of sp³-hybridized carbons (Fsp3) is 0.255. The van der Waals surface area contributed by atoms with E-state index in [0.717, 1.165) is 121 Å². The van der Waals surface area contributed by atoms with Crippen LogP contribution in [0.1, 0.15) is 165 Å². The normalized spacial score (nSPS) is 11.4. The van der Waals surface area contributed by atoms with Gasteiger partial charge in [-0.05, 0) is 146 Å². The molecule has 0 saturated carbocycles. The molecule has 7 heterocycles. The Morgan fingerprint density at radius 3 is 1.18 bits per heavy atom. The molecule has 16 aromatic rings. The molecule has 0 radical (unpaired) electrons. The van der Waals surface area contributed by atoms with Gasteiger partial charge in [0.05, 0.1) is 29.7 Å². The first-order chi connectivity index (χ1) is 62.4. The molecule has 0 aliphatic rings. The zero-order valence-corrected chi connectivity index (χ0v) is 72.9. The van der Waals surface area contributed by atoms with Crippen LogP contribution in [0.3, 0.4) is 0 Å². The van der Waals surface area contributed by atoms with Gasteiger partial charge in [0.1, 0.15) is 29.0 Å². The number of aromatic nitrogens is 22. The monoisotopic (exact) mass is 1760 g/mol. The van der Waals surface area contributed by atoms with Crippen molar-refractivity contribution in [1.82, 2.24) is 116 Å². The molecule has 9 N–H and O–H groups in total. The van der Waals surface area contributed by atoms with Crippen molar-refractivity contribution in [3.8, 4) is 96.1 Å². The molecule has 0 aliphatic carbocycles. The van der Waals surface area contributed by atoms with E-state index in [0.29, 0.717) is 97.5 Å². The number of aryl methyl sites for hydroxylation is 2. The second-order valence-electron chi connectivity index (χ2n) is 31.0. The number of aliphatic hydroxyl groups is 1. The van der Waals surface area contributed by atoms with E-state index in [1.165, 1.54) is 4.90 Å². The smallest absolute Gasteiger partial charge is 0.355 e. The molecule has 0 saturated heterocycles. The van der Waals surface area contributed by atoms with E-state index in [1.54, 1.807) is 41.2 Å². The molecule has 34 nitrogen and oxygen atoms in total. The first-order valence-corrected chi connectivity index (χ1v) is 42.4. The number of aromatic carboxylic acids is 3. The number of tetrazole rings is 4. The van der Waals surface area contributed by atoms with Gasteiger partial charge in [-0.3, -0.25) is 9.36 Å². The maximum atomic E-state index is 12.9. The summed E-state index contributed by atoms with van der Waals surface area (Å²) in [5, 5.41) is 107. The van der Waals surface area contributed by atoms with E-state index >= 15 is 0 Å². The standard InChI is InChI=1S/C24H20N6O3.C24H26N6O3.C24H29N5O3.C22H21ClN6O2/c1-2-33-24-25-20-9-5-8-19(23(31)32)21(20)30(24)14-15-10-12-16(13-11-15)17-6-3-4-7-18(17)22-26-28-29-27-22;1-4-7-19-25-21(24(2,3)33)20(23(31)32)30(19)14-15-10-12-16(13-11-15)17-8-5-6-9-18(17)22-26-28-29-27-22;1-4-5-10-21(30)29(22(16(2)3)24(31)32)15-17-11-13-18(14-12-17)19-8-6-7-9-20(19)23-25-27-28-26-23;1-2-3-8-18-24-20(23)19(22(30)31)29(18)13-14-9-11-15(12-10-14)16-6-4-5-7-17(16)21-25-27-28-26-21/h3-13H,2,14H2,1H3,(H,31,32)(H,26,27,28,29);5-6,8-13,33H,4,7,14H2,1-3H3,(H,31,32)(H,26,27,28,29);6-9,11-14,16,22H,4-5,10,15H2,1-3H3,(H,31,32)(H,25,26,27,28);4-7,9-12H,2-3,8,13H2,1H3,(H,30,31)(H,25,26,27,28). The maximum Gasteiger partial charge on any atom is 0.355 e. The number of hydrogen-bond acceptors (Lipinski definition) is 22. The molecule has 16 rings (SSSR count). The lowest BCUT2D eigenvalue weighted by atomic mass is 9.97. The number of aliphatic carboxylic acids is 1. The summed E-state index contributed by atoms with van der Waals surface area (Å²) in [4.78, 5) is 75.3. The molecule has 1 atom stereocenters. The number of fused-ring (bicyclic) bond motifs is 1. The van der Waals surface area contributed by atoms with E-state index in [-0.39, 0.29) is 46.2 Å². The minimum absolute atomic E-state index is 0.0254. The fourth-order valence-corrected chi connectivity index (χ4v) is 15.4. The maximum absolute atomic E-state index is 12.9. The van der Waals surface area contributed by atoms with Gasteiger partial charge in [-0.2, -0.15) is 25.8 Å². The zero-order valence-electron chi connectivity index (χ0n) is 72.1. The molecule has 0 bridgehead atoms. The van der Waals surface area contributed by atoms with Crippen LogP contribution in [0.15, 0.2) is 212 Å². The van der Waals surface area contributed by atoms with Crippen molar-refractivity contribution < 1.29 is 54.2 Å². The van der Waals surface area contributed by atoms with Crippen LogP contribution in [0.2, 0.25) is 5.15 Å². The minimum atomic E-state index is -1.36. The number of halogens is 1. The molecule has 1 unspecified atom stereocenters. The number of rotatable bonds is 33. The van der Waals surface area contributed by atoms with Gasteiger partial charge < -0.3 is 44.3 Å². The Labute approximate surface area is 745 Å². The third-order valence-electron chi connectivity index (χ3n) is 21.3. The first kappa shape index (κ1) is 91.3. The topological polar surface area (TPSA) is 470 Å². The number of benzene rings is 9. The van der Waals surface area contributed by atoms with Crippen LogP contribution < -0.4 is 4.74 Å². The van der Waals surface area contributed by atoms with Crippen LogP contribution >= 0.6 is 11.6 Å². The lowest BCUT2D eigenvalue weighted by molar-refractivity contribution is -0.153. The van der Waals surface area contributed by atoms with Gasteiger partial charge in [0.2, 0.25) is 29.2 Å². The van der Waals surface area contributed by atoms with Crippen molar-refractivity contribution in [3.05, 3.63) is 274 Å². The predicted molar refractivity (Wildman–Crippen MR) is 483 cm³/mol. The number of para-hydroxylation sites is 1. The highest BCUT2D eigenvalue weighted by molar-refractivity contribution is 6.32. The van der Waals surface area contributed by atoms with Gasteiger partial charge >= 0.3 is 23.9 Å². The summed E-state index contributed by atoms with van der Waals surface area (Å²) in [5.74, 6) is -1.05. The number of hydrogen-bond donors (Lipinski definition) is 9. The Morgan fingerprint density at radius 1 is 0.442 bits per heavy atom. The summed E-state index contributed by atoms with van der Waals surface area (Å²) in [7, 11) is 0. The minimum Gasteiger partial charge on any atom is -0.480 e. The molecule has 0 spiro atoms. The number of unbranched alkanes of at least 4 members (excludes halogenated alkanes) is 2. The third-order valence-corrected chi connectivity index (χ3v) is 21.5. The molecule has 9 aromatic carbocycles. The SMILES string of the molecule is CCCCC(=O)N(Cc1ccc(-c2ccccc2-c2nn[nH]n2)cc1)C(C(=O)O)C(C)C.CCCCc1nc(Cl)c(C(=O)O)n1Cc1ccc(-c2ccccc2-c2nn[nH]n2)cc1.CCCc1nc(C(C)(C)O)c(C(=O)O)n1Cc1ccc(-c2ccccc2-c2nn[nH]n2)cc1.CCOc1nc2cccc(C(=O)O)c2n1Cc1ccc(-c2ccccc2-c2nn[nH]n2)cc1. The van der Waals surface area contributed by atoms with Crippen molar-refractivity contribution in [2.75, 3.05) is 6.61 Å². The molecule has 7 aromatic heterocycles. The number of carbonyl (C=O) groups excluding carboxylic acids is 1. The van der Waals surface area contributed by atoms with Crippen molar-refractivity contribution in [3.63, 3.8) is 0 Å². The second-order valence-corrected chi connectivity index (χ2v) is 31.4. The summed E-state index contributed by atoms with van der Waals surface area (Å²) in [6.45, 7) is 16.6. The van der Waals surface area contributed by atoms with Crippen LogP contribution in [0.5, 0.6) is 6.01 Å². The number of H-pyrrole nitrogens is 4. The lowest BCUT2D eigenvalue weighted by Crippen LogP contribution is -2.47. The van der Waals surface area contributed by atoms with Gasteiger partial charge in [-0.25, -0.2) is 29.1 Å². The van der Waals surface area contributed by atoms with Crippen LogP contribution in [0.4, 0.5) is 0 Å². The van der Waals surface area contributed by atoms with Gasteiger partial charge in [0.25, 0.3) is 6.01 Å². The van der Waals surface area contributed by atoms with E-state index < -0.39 is 35.5 Å². The van der Waals surface area contributed by atoms with Gasteiger partial charge in [0.15, 0.2) is 16.5 Å². The zero-order chi connectivity index (χ0) is 91.3. The van der Waals surface area contributed by atoms with Crippen LogP contribution in [0, 0.1) is 5.92 Å². The predicted octanol–water partition coefficient (Wildman–Crippen LogP) is 16.3. The molecule has 1 amide bonds. The summed E-state index contributed by atoms with van der Waals surface area (Å²) in [6, 6.07) is 67.6. The Kier molecular flexibility index (Phi) is 30.1. The average molecular weight is 1760 g/mol. The highest BCUT2D eigenvalue weighted by Crippen LogP contribution is 2.37. The number of ether oxygens (including phenoxy) is 1. The number of aromatic amines is 4. The molecule has 0 aliphatic heterocycles. The number of nitrogens with zero attached hydrogens (tertiary/aromatic N) is 19. The lowest BCUT2D eigenvalue weighted by Gasteiger charge is -2.32. The van der Waals surface area contributed by atoms with Gasteiger partial charge in [0, 0.05) is 61.2 Å². The third kappa shape index (κ3) is 21.9. The largest absolute Gasteiger partial charge is 0.480 e.